The molecule has 1 unspecified atom stereocenters. The van der Waals surface area contributed by atoms with Crippen LogP contribution in [0, 0.1) is 21.4 Å². The van der Waals surface area contributed by atoms with Gasteiger partial charge in [0.1, 0.15) is 5.69 Å². The summed E-state index contributed by atoms with van der Waals surface area (Å²) in [6.45, 7) is 0.709. The maximum Gasteiger partial charge on any atom is 0.292 e. The highest BCUT2D eigenvalue weighted by Gasteiger charge is 2.18. The zero-order valence-electron chi connectivity index (χ0n) is 9.76. The maximum absolute atomic E-state index is 10.9. The van der Waals surface area contributed by atoms with Crippen LogP contribution in [-0.2, 0) is 0 Å². The van der Waals surface area contributed by atoms with E-state index in [-0.39, 0.29) is 5.69 Å². The third kappa shape index (κ3) is 2.93. The molecule has 1 saturated heterocycles. The third-order valence-corrected chi connectivity index (χ3v) is 4.26. The average Bonchev–Trinajstić information content (AvgIpc) is 2.88. The molecule has 94 valence electrons. The summed E-state index contributed by atoms with van der Waals surface area (Å²) in [4.78, 5) is 10.5. The Morgan fingerprint density at radius 2 is 2.44 bits per heavy atom. The predicted octanol–water partition coefficient (Wildman–Crippen LogP) is 2.77. The summed E-state index contributed by atoms with van der Waals surface area (Å²) < 4.78 is 0. The highest BCUT2D eigenvalue weighted by atomic mass is 32.2. The predicted molar refractivity (Wildman–Crippen MR) is 71.8 cm³/mol. The van der Waals surface area contributed by atoms with Gasteiger partial charge >= 0.3 is 0 Å². The summed E-state index contributed by atoms with van der Waals surface area (Å²) in [5, 5.41) is 23.3. The number of nitro benzene ring substituents is 1. The van der Waals surface area contributed by atoms with E-state index in [1.54, 1.807) is 0 Å². The molecule has 0 spiro atoms. The number of benzene rings is 1. The zero-order valence-corrected chi connectivity index (χ0v) is 10.6. The molecule has 0 saturated carbocycles. The number of thioether (sulfide) groups is 1. The van der Waals surface area contributed by atoms with Crippen molar-refractivity contribution in [3.8, 4) is 6.07 Å². The van der Waals surface area contributed by atoms with Crippen molar-refractivity contribution in [3.05, 3.63) is 33.9 Å². The third-order valence-electron chi connectivity index (χ3n) is 2.87. The zero-order chi connectivity index (χ0) is 13.0. The van der Waals surface area contributed by atoms with Crippen molar-refractivity contribution < 1.29 is 4.92 Å². The van der Waals surface area contributed by atoms with E-state index in [0.717, 1.165) is 12.2 Å². The maximum atomic E-state index is 10.9. The number of hydrogen-bond acceptors (Lipinski definition) is 5. The van der Waals surface area contributed by atoms with Gasteiger partial charge in [-0.15, -0.1) is 0 Å². The number of nitro groups is 1. The molecule has 2 rings (SSSR count). The largest absolute Gasteiger partial charge is 0.378 e. The Kier molecular flexibility index (Phi) is 4.05. The van der Waals surface area contributed by atoms with Gasteiger partial charge in [-0.25, -0.2) is 0 Å². The number of hydrogen-bond donors (Lipinski definition) is 1. The highest BCUT2D eigenvalue weighted by molar-refractivity contribution is 8.00. The lowest BCUT2D eigenvalue weighted by molar-refractivity contribution is -0.384. The smallest absolute Gasteiger partial charge is 0.292 e. The molecule has 1 atom stereocenters. The van der Waals surface area contributed by atoms with Crippen LogP contribution < -0.4 is 5.32 Å². The van der Waals surface area contributed by atoms with Gasteiger partial charge in [-0.2, -0.15) is 17.0 Å². The van der Waals surface area contributed by atoms with Crippen LogP contribution in [0.3, 0.4) is 0 Å². The minimum Gasteiger partial charge on any atom is -0.378 e. The van der Waals surface area contributed by atoms with Gasteiger partial charge in [-0.05, 0) is 30.7 Å². The van der Waals surface area contributed by atoms with E-state index >= 15 is 0 Å². The van der Waals surface area contributed by atoms with E-state index in [9.17, 15) is 10.1 Å². The standard InChI is InChI=1S/C12H13N3O2S/c13-7-9-3-4-12(15(16)17)11(6-9)14-8-10-2-1-5-18-10/h3-4,6,10,14H,1-2,5,8H2. The number of nitrogens with zero attached hydrogens (tertiary/aromatic N) is 2. The van der Waals surface area contributed by atoms with Gasteiger partial charge in [0, 0.05) is 17.9 Å². The van der Waals surface area contributed by atoms with E-state index in [1.165, 1.54) is 24.6 Å². The SMILES string of the molecule is N#Cc1ccc([N+](=O)[O-])c(NCC2CCCS2)c1. The number of anilines is 1. The lowest BCUT2D eigenvalue weighted by atomic mass is 10.2. The summed E-state index contributed by atoms with van der Waals surface area (Å²) in [6.07, 6.45) is 2.35. The van der Waals surface area contributed by atoms with Crippen LogP contribution >= 0.6 is 11.8 Å². The van der Waals surface area contributed by atoms with Crippen LogP contribution in [-0.4, -0.2) is 22.5 Å². The second kappa shape index (κ2) is 5.74. The van der Waals surface area contributed by atoms with Crippen LogP contribution in [0.4, 0.5) is 11.4 Å². The molecule has 0 bridgehead atoms. The van der Waals surface area contributed by atoms with Crippen molar-refractivity contribution in [2.75, 3.05) is 17.6 Å². The van der Waals surface area contributed by atoms with E-state index in [2.05, 4.69) is 5.32 Å². The minimum atomic E-state index is -0.425. The van der Waals surface area contributed by atoms with Crippen molar-refractivity contribution in [3.63, 3.8) is 0 Å². The molecule has 1 aliphatic rings. The lowest BCUT2D eigenvalue weighted by Gasteiger charge is -2.11. The fraction of sp³-hybridized carbons (Fsp3) is 0.417. The van der Waals surface area contributed by atoms with Gasteiger partial charge in [-0.1, -0.05) is 0 Å². The monoisotopic (exact) mass is 263 g/mol. The Morgan fingerprint density at radius 3 is 3.06 bits per heavy atom. The molecule has 0 aromatic heterocycles. The second-order valence-corrected chi connectivity index (χ2v) is 5.53. The molecular formula is C12H13N3O2S. The van der Waals surface area contributed by atoms with E-state index in [4.69, 9.17) is 5.26 Å². The van der Waals surface area contributed by atoms with E-state index in [1.807, 2.05) is 17.8 Å². The summed E-state index contributed by atoms with van der Waals surface area (Å²) in [5.41, 5.74) is 0.894. The summed E-state index contributed by atoms with van der Waals surface area (Å²) in [7, 11) is 0. The Balaban J connectivity index is 2.13. The van der Waals surface area contributed by atoms with Crippen molar-refractivity contribution in [1.82, 2.24) is 0 Å². The summed E-state index contributed by atoms with van der Waals surface area (Å²) in [6, 6.07) is 6.38. The molecule has 18 heavy (non-hydrogen) atoms. The van der Waals surface area contributed by atoms with Crippen molar-refractivity contribution in [2.45, 2.75) is 18.1 Å². The molecular weight excluding hydrogens is 250 g/mol. The van der Waals surface area contributed by atoms with Crippen LogP contribution in [0.15, 0.2) is 18.2 Å². The molecule has 0 radical (unpaired) electrons. The van der Waals surface area contributed by atoms with Crippen molar-refractivity contribution >= 4 is 23.1 Å². The Hall–Kier alpha value is -1.74. The van der Waals surface area contributed by atoms with Gasteiger partial charge < -0.3 is 5.32 Å². The quantitative estimate of drug-likeness (QED) is 0.667. The molecule has 0 aliphatic carbocycles. The molecule has 5 nitrogen and oxygen atoms in total. The first kappa shape index (κ1) is 12.7. The average molecular weight is 263 g/mol. The fourth-order valence-electron chi connectivity index (χ4n) is 1.94. The second-order valence-electron chi connectivity index (χ2n) is 4.12. The first-order chi connectivity index (χ1) is 8.70. The summed E-state index contributed by atoms with van der Waals surface area (Å²) in [5.74, 6) is 1.16. The van der Waals surface area contributed by atoms with Crippen LogP contribution in [0.1, 0.15) is 18.4 Å². The molecule has 1 aliphatic heterocycles. The van der Waals surface area contributed by atoms with Crippen molar-refractivity contribution in [1.29, 1.82) is 5.26 Å². The van der Waals surface area contributed by atoms with Crippen LogP contribution in [0.5, 0.6) is 0 Å². The Morgan fingerprint density at radius 1 is 1.61 bits per heavy atom. The fourth-order valence-corrected chi connectivity index (χ4v) is 3.14. The Labute approximate surface area is 109 Å². The van der Waals surface area contributed by atoms with Gasteiger partial charge in [0.25, 0.3) is 5.69 Å². The molecule has 1 aromatic rings. The Bertz CT molecular complexity index is 493. The molecule has 6 heteroatoms. The van der Waals surface area contributed by atoms with Gasteiger partial charge in [-0.3, -0.25) is 10.1 Å². The van der Waals surface area contributed by atoms with E-state index in [0.29, 0.717) is 23.0 Å². The summed E-state index contributed by atoms with van der Waals surface area (Å²) >= 11 is 1.89. The van der Waals surface area contributed by atoms with Gasteiger partial charge in [0.2, 0.25) is 0 Å². The van der Waals surface area contributed by atoms with Gasteiger partial charge in [0.05, 0.1) is 16.6 Å². The molecule has 1 aromatic carbocycles. The minimum absolute atomic E-state index is 0.0250. The van der Waals surface area contributed by atoms with Crippen molar-refractivity contribution in [2.24, 2.45) is 0 Å². The molecule has 1 N–H and O–H groups in total. The number of nitrogens with one attached hydrogen (secondary N) is 1. The first-order valence-electron chi connectivity index (χ1n) is 5.74. The molecule has 0 amide bonds. The van der Waals surface area contributed by atoms with Crippen LogP contribution in [0.25, 0.3) is 0 Å². The highest BCUT2D eigenvalue weighted by Crippen LogP contribution is 2.29. The first-order valence-corrected chi connectivity index (χ1v) is 6.79. The molecule has 1 heterocycles. The van der Waals surface area contributed by atoms with E-state index < -0.39 is 4.92 Å². The normalized spacial score (nSPS) is 18.3. The number of nitriles is 1. The van der Waals surface area contributed by atoms with Crippen LogP contribution in [0.2, 0.25) is 0 Å². The lowest BCUT2D eigenvalue weighted by Crippen LogP contribution is -2.14. The topological polar surface area (TPSA) is 79.0 Å². The number of rotatable bonds is 4. The van der Waals surface area contributed by atoms with Gasteiger partial charge in [0.15, 0.2) is 0 Å². The molecule has 1 fully saturated rings.